The first-order valence-corrected chi connectivity index (χ1v) is 6.28. The van der Waals surface area contributed by atoms with Crippen molar-refractivity contribution in [2.45, 2.75) is 32.3 Å². The number of ether oxygens (including phenoxy) is 1. The normalized spacial score (nSPS) is 20.6. The van der Waals surface area contributed by atoms with Crippen molar-refractivity contribution in [1.82, 2.24) is 9.99 Å². The molecule has 2 aliphatic rings. The van der Waals surface area contributed by atoms with Crippen LogP contribution >= 0.6 is 0 Å². The molecule has 0 bridgehead atoms. The molecule has 19 heavy (non-hydrogen) atoms. The lowest BCUT2D eigenvalue weighted by Gasteiger charge is -2.33. The predicted octanol–water partition coefficient (Wildman–Crippen LogP) is 2.20. The molecule has 0 aromatic carbocycles. The first kappa shape index (κ1) is 11.9. The minimum atomic E-state index is -0.487. The van der Waals surface area contributed by atoms with Gasteiger partial charge in [-0.05, 0) is 32.4 Å². The zero-order chi connectivity index (χ0) is 13.5. The third kappa shape index (κ3) is 2.12. The summed E-state index contributed by atoms with van der Waals surface area (Å²) in [5.74, 6) is 0.688. The van der Waals surface area contributed by atoms with Gasteiger partial charge in [-0.3, -0.25) is 9.78 Å². The van der Waals surface area contributed by atoms with Crippen LogP contribution in [0, 0.1) is 0 Å². The van der Waals surface area contributed by atoms with E-state index in [4.69, 9.17) is 4.74 Å². The van der Waals surface area contributed by atoms with Crippen LogP contribution in [0.2, 0.25) is 0 Å². The van der Waals surface area contributed by atoms with Gasteiger partial charge in [0.05, 0.1) is 11.9 Å². The summed E-state index contributed by atoms with van der Waals surface area (Å²) < 4.78 is 5.85. The molecule has 0 saturated carbocycles. The van der Waals surface area contributed by atoms with Crippen molar-refractivity contribution in [1.29, 1.82) is 0 Å². The minimum absolute atomic E-state index is 0.00853. The predicted molar refractivity (Wildman–Crippen MR) is 71.5 cm³/mol. The Morgan fingerprint density at radius 3 is 3.05 bits per heavy atom. The summed E-state index contributed by atoms with van der Waals surface area (Å²) in [6.07, 6.45) is 8.24. The number of fused-ring (bicyclic) bond motifs is 1. The van der Waals surface area contributed by atoms with Crippen molar-refractivity contribution < 1.29 is 9.53 Å². The van der Waals surface area contributed by atoms with Crippen molar-refractivity contribution in [2.24, 2.45) is 5.10 Å². The Labute approximate surface area is 111 Å². The molecule has 0 unspecified atom stereocenters. The van der Waals surface area contributed by atoms with Crippen LogP contribution < -0.4 is 4.74 Å². The summed E-state index contributed by atoms with van der Waals surface area (Å²) in [5, 5.41) is 5.68. The van der Waals surface area contributed by atoms with Gasteiger partial charge in [0, 0.05) is 24.4 Å². The number of hydrazone groups is 1. The molecule has 0 aliphatic carbocycles. The first-order chi connectivity index (χ1) is 9.07. The lowest BCUT2D eigenvalue weighted by atomic mass is 9.99. The molecule has 3 rings (SSSR count). The van der Waals surface area contributed by atoms with E-state index in [2.05, 4.69) is 10.1 Å². The van der Waals surface area contributed by atoms with Crippen LogP contribution in [-0.2, 0) is 4.79 Å². The van der Waals surface area contributed by atoms with E-state index >= 15 is 0 Å². The molecule has 5 heteroatoms. The number of carbonyl (C=O) groups excluding carboxylic acids is 1. The third-order valence-electron chi connectivity index (χ3n) is 3.07. The second-order valence-corrected chi connectivity index (χ2v) is 5.15. The Hall–Kier alpha value is -2.17. The zero-order valence-corrected chi connectivity index (χ0v) is 11.0. The van der Waals surface area contributed by atoms with Crippen molar-refractivity contribution in [3.05, 3.63) is 30.1 Å². The Morgan fingerprint density at radius 1 is 1.42 bits per heavy atom. The highest BCUT2D eigenvalue weighted by Crippen LogP contribution is 2.37. The third-order valence-corrected chi connectivity index (χ3v) is 3.07. The first-order valence-electron chi connectivity index (χ1n) is 6.28. The van der Waals surface area contributed by atoms with Crippen LogP contribution in [0.4, 0.5) is 0 Å². The van der Waals surface area contributed by atoms with Crippen LogP contribution in [0.5, 0.6) is 5.75 Å². The number of aromatic nitrogens is 1. The van der Waals surface area contributed by atoms with Crippen LogP contribution in [0.3, 0.4) is 0 Å². The van der Waals surface area contributed by atoms with E-state index in [1.54, 1.807) is 18.6 Å². The molecule has 0 radical (unpaired) electrons. The van der Waals surface area contributed by atoms with Gasteiger partial charge < -0.3 is 4.74 Å². The molecule has 0 spiro atoms. The van der Waals surface area contributed by atoms with Gasteiger partial charge in [0.1, 0.15) is 11.4 Å². The maximum Gasteiger partial charge on any atom is 0.247 e. The van der Waals surface area contributed by atoms with Crippen LogP contribution in [-0.4, -0.2) is 27.7 Å². The Balaban J connectivity index is 2.12. The molecule has 1 aromatic rings. The van der Waals surface area contributed by atoms with E-state index in [0.29, 0.717) is 18.6 Å². The molecule has 0 fully saturated rings. The Bertz CT molecular complexity index is 590. The van der Waals surface area contributed by atoms with E-state index in [-0.39, 0.29) is 5.91 Å². The van der Waals surface area contributed by atoms with Gasteiger partial charge >= 0.3 is 0 Å². The maximum atomic E-state index is 12.0. The molecule has 0 N–H and O–H groups in total. The summed E-state index contributed by atoms with van der Waals surface area (Å²) in [4.78, 5) is 16.1. The van der Waals surface area contributed by atoms with Gasteiger partial charge in [0.2, 0.25) is 5.91 Å². The number of amides is 1. The molecule has 0 atom stereocenters. The van der Waals surface area contributed by atoms with E-state index in [9.17, 15) is 4.79 Å². The summed E-state index contributed by atoms with van der Waals surface area (Å²) in [6.45, 7) is 3.89. The van der Waals surface area contributed by atoms with E-state index in [1.165, 1.54) is 5.01 Å². The number of rotatable bonds is 1. The smallest absolute Gasteiger partial charge is 0.247 e. The van der Waals surface area contributed by atoms with Crippen LogP contribution in [0.25, 0.3) is 5.70 Å². The highest BCUT2D eigenvalue weighted by molar-refractivity contribution is 5.91. The standard InChI is InChI=1S/C14H15N3O2/c1-14(2)8-11(17-13(18)4-3-6-16-17)10-5-7-15-9-12(10)19-14/h5-9H,3-4H2,1-2H3. The highest BCUT2D eigenvalue weighted by Gasteiger charge is 2.32. The van der Waals surface area contributed by atoms with Crippen molar-refractivity contribution >= 4 is 17.8 Å². The number of pyridine rings is 1. The molecule has 1 aromatic heterocycles. The number of carbonyl (C=O) groups is 1. The van der Waals surface area contributed by atoms with Crippen LogP contribution in [0.1, 0.15) is 32.3 Å². The molecule has 5 nitrogen and oxygen atoms in total. The second kappa shape index (κ2) is 4.19. The van der Waals surface area contributed by atoms with Gasteiger partial charge in [-0.15, -0.1) is 0 Å². The lowest BCUT2D eigenvalue weighted by molar-refractivity contribution is -0.128. The fourth-order valence-electron chi connectivity index (χ4n) is 2.26. The summed E-state index contributed by atoms with van der Waals surface area (Å²) >= 11 is 0. The average molecular weight is 257 g/mol. The van der Waals surface area contributed by atoms with E-state index in [0.717, 1.165) is 11.3 Å². The molecule has 0 saturated heterocycles. The zero-order valence-electron chi connectivity index (χ0n) is 11.0. The highest BCUT2D eigenvalue weighted by atomic mass is 16.5. The van der Waals surface area contributed by atoms with Crippen LogP contribution in [0.15, 0.2) is 29.6 Å². The van der Waals surface area contributed by atoms with Gasteiger partial charge in [0.25, 0.3) is 0 Å². The summed E-state index contributed by atoms with van der Waals surface area (Å²) in [7, 11) is 0. The second-order valence-electron chi connectivity index (χ2n) is 5.15. The molecule has 98 valence electrons. The molecular weight excluding hydrogens is 242 g/mol. The van der Waals surface area contributed by atoms with Gasteiger partial charge in [-0.1, -0.05) is 0 Å². The van der Waals surface area contributed by atoms with E-state index in [1.807, 2.05) is 26.0 Å². The largest absolute Gasteiger partial charge is 0.481 e. The fraction of sp³-hybridized carbons (Fsp3) is 0.357. The fourth-order valence-corrected chi connectivity index (χ4v) is 2.26. The number of hydrogen-bond donors (Lipinski definition) is 0. The molecule has 1 amide bonds. The molecule has 2 aliphatic heterocycles. The van der Waals surface area contributed by atoms with Crippen molar-refractivity contribution in [3.63, 3.8) is 0 Å². The molecule has 3 heterocycles. The lowest BCUT2D eigenvalue weighted by Crippen LogP contribution is -2.35. The minimum Gasteiger partial charge on any atom is -0.481 e. The topological polar surface area (TPSA) is 54.8 Å². The Kier molecular flexibility index (Phi) is 2.62. The SMILES string of the molecule is CC1(C)C=C(N2N=CCCC2=O)c2ccncc2O1. The average Bonchev–Trinajstić information content (AvgIpc) is 2.37. The maximum absolute atomic E-state index is 12.0. The Morgan fingerprint density at radius 2 is 2.26 bits per heavy atom. The summed E-state index contributed by atoms with van der Waals surface area (Å²) in [5.41, 5.74) is 1.13. The van der Waals surface area contributed by atoms with Crippen molar-refractivity contribution in [3.8, 4) is 5.75 Å². The van der Waals surface area contributed by atoms with Crippen molar-refractivity contribution in [2.75, 3.05) is 0 Å². The monoisotopic (exact) mass is 257 g/mol. The van der Waals surface area contributed by atoms with E-state index < -0.39 is 5.60 Å². The quantitative estimate of drug-likeness (QED) is 0.775. The van der Waals surface area contributed by atoms with Gasteiger partial charge in [0.15, 0.2) is 0 Å². The van der Waals surface area contributed by atoms with Gasteiger partial charge in [-0.2, -0.15) is 5.10 Å². The molecular formula is C14H15N3O2. The number of nitrogens with zero attached hydrogens (tertiary/aromatic N) is 3. The summed E-state index contributed by atoms with van der Waals surface area (Å²) in [6, 6.07) is 1.84. The van der Waals surface area contributed by atoms with Gasteiger partial charge in [-0.25, -0.2) is 5.01 Å². The number of hydrogen-bond acceptors (Lipinski definition) is 4.